The van der Waals surface area contributed by atoms with Gasteiger partial charge in [-0.15, -0.1) is 0 Å². The second-order valence-electron chi connectivity index (χ2n) is 9.61. The summed E-state index contributed by atoms with van der Waals surface area (Å²) in [7, 11) is 1.80. The number of hydrogen-bond donors (Lipinski definition) is 0. The Morgan fingerprint density at radius 2 is 1.88 bits per heavy atom. The van der Waals surface area contributed by atoms with Gasteiger partial charge < -0.3 is 19.1 Å². The third-order valence-electron chi connectivity index (χ3n) is 7.61. The topological polar surface area (TPSA) is 72.1 Å². The predicted octanol–water partition coefficient (Wildman–Crippen LogP) is 3.16. The van der Waals surface area contributed by atoms with Crippen LogP contribution in [-0.2, 0) is 11.3 Å². The maximum absolute atomic E-state index is 13.7. The van der Waals surface area contributed by atoms with Gasteiger partial charge in [-0.3, -0.25) is 14.0 Å². The summed E-state index contributed by atoms with van der Waals surface area (Å²) in [6.07, 6.45) is 8.21. The molecule has 2 aliphatic rings. The van der Waals surface area contributed by atoms with Crippen molar-refractivity contribution in [3.05, 3.63) is 46.5 Å². The van der Waals surface area contributed by atoms with Crippen LogP contribution in [0.2, 0.25) is 0 Å². The van der Waals surface area contributed by atoms with Gasteiger partial charge in [0.05, 0.1) is 11.5 Å². The van der Waals surface area contributed by atoms with Crippen LogP contribution in [0.1, 0.15) is 55.9 Å². The first-order valence-corrected chi connectivity index (χ1v) is 12.7. The molecule has 0 aromatic carbocycles. The van der Waals surface area contributed by atoms with Crippen molar-refractivity contribution in [3.63, 3.8) is 0 Å². The van der Waals surface area contributed by atoms with E-state index in [2.05, 4.69) is 11.8 Å². The molecule has 2 aliphatic heterocycles. The highest BCUT2D eigenvalue weighted by Gasteiger charge is 2.31. The second kappa shape index (κ2) is 9.88. The summed E-state index contributed by atoms with van der Waals surface area (Å²) < 4.78 is 9.04. The predicted molar refractivity (Wildman–Crippen MR) is 132 cm³/mol. The zero-order valence-electron chi connectivity index (χ0n) is 20.3. The van der Waals surface area contributed by atoms with Gasteiger partial charge in [-0.05, 0) is 50.3 Å². The number of aromatic nitrogens is 3. The Bertz CT molecular complexity index is 1220. The molecular formula is C26H35N5O3. The summed E-state index contributed by atoms with van der Waals surface area (Å²) in [4.78, 5) is 36.1. The number of ether oxygens (including phenoxy) is 1. The van der Waals surface area contributed by atoms with E-state index < -0.39 is 0 Å². The van der Waals surface area contributed by atoms with E-state index in [1.165, 1.54) is 0 Å². The Morgan fingerprint density at radius 1 is 1.12 bits per heavy atom. The van der Waals surface area contributed by atoms with Gasteiger partial charge >= 0.3 is 0 Å². The first-order valence-electron chi connectivity index (χ1n) is 12.7. The van der Waals surface area contributed by atoms with Gasteiger partial charge in [0, 0.05) is 52.1 Å². The van der Waals surface area contributed by atoms with Crippen LogP contribution in [0.5, 0.6) is 0 Å². The Hall–Kier alpha value is -2.71. The largest absolute Gasteiger partial charge is 0.381 e. The van der Waals surface area contributed by atoms with E-state index in [1.807, 2.05) is 27.7 Å². The van der Waals surface area contributed by atoms with Crippen LogP contribution in [0.3, 0.4) is 0 Å². The van der Waals surface area contributed by atoms with Crippen molar-refractivity contribution in [3.8, 4) is 0 Å². The standard InChI is InChI=1S/C26H35N5O3/c1-3-4-12-30-22(18-21-24(30)27-23-7-5-6-13-31(23)25(21)32)26(33)29-14-8-19(9-15-29)28-16-10-20(34-2)11-17-28/h5-7,13,18-20H,3-4,8-12,14-17H2,1-2H3. The average Bonchev–Trinajstić information content (AvgIpc) is 3.26. The van der Waals surface area contributed by atoms with Gasteiger partial charge in [0.25, 0.3) is 11.5 Å². The Balaban J connectivity index is 1.38. The number of unbranched alkanes of at least 4 members (excludes halogenated alkanes) is 1. The summed E-state index contributed by atoms with van der Waals surface area (Å²) in [5.74, 6) is 0.0131. The van der Waals surface area contributed by atoms with Crippen LogP contribution < -0.4 is 5.56 Å². The molecule has 5 rings (SSSR count). The van der Waals surface area contributed by atoms with Crippen LogP contribution in [0.15, 0.2) is 35.3 Å². The second-order valence-corrected chi connectivity index (χ2v) is 9.61. The van der Waals surface area contributed by atoms with Crippen LogP contribution in [0, 0.1) is 0 Å². The van der Waals surface area contributed by atoms with Crippen LogP contribution >= 0.6 is 0 Å². The van der Waals surface area contributed by atoms with Gasteiger partial charge in [0.15, 0.2) is 0 Å². The molecular weight excluding hydrogens is 430 g/mol. The SMILES string of the molecule is CCCCn1c(C(=O)N2CCC(N3CCC(OC)CC3)CC2)cc2c(=O)n3ccccc3nc21. The number of hydrogen-bond acceptors (Lipinski definition) is 5. The lowest BCUT2D eigenvalue weighted by atomic mass is 9.98. The fraction of sp³-hybridized carbons (Fsp3) is 0.577. The average molecular weight is 466 g/mol. The number of piperidine rings is 2. The molecule has 2 fully saturated rings. The highest BCUT2D eigenvalue weighted by atomic mass is 16.5. The van der Waals surface area contributed by atoms with E-state index in [0.29, 0.717) is 41.1 Å². The third kappa shape index (κ3) is 4.25. The summed E-state index contributed by atoms with van der Waals surface area (Å²) in [6.45, 7) is 6.46. The van der Waals surface area contributed by atoms with Crippen molar-refractivity contribution in [2.75, 3.05) is 33.3 Å². The summed E-state index contributed by atoms with van der Waals surface area (Å²) in [5, 5.41) is 0.513. The Kier molecular flexibility index (Phi) is 6.70. The zero-order chi connectivity index (χ0) is 23.7. The number of amides is 1. The van der Waals surface area contributed by atoms with E-state index in [-0.39, 0.29) is 11.5 Å². The van der Waals surface area contributed by atoms with Gasteiger partial charge in [-0.2, -0.15) is 0 Å². The molecule has 0 radical (unpaired) electrons. The molecule has 3 aromatic rings. The van der Waals surface area contributed by atoms with E-state index in [9.17, 15) is 9.59 Å². The van der Waals surface area contributed by atoms with Crippen molar-refractivity contribution >= 4 is 22.6 Å². The molecule has 0 aliphatic carbocycles. The number of likely N-dealkylation sites (tertiary alicyclic amines) is 2. The minimum atomic E-state index is -0.122. The fourth-order valence-corrected chi connectivity index (χ4v) is 5.54. The van der Waals surface area contributed by atoms with E-state index >= 15 is 0 Å². The first kappa shape index (κ1) is 23.1. The number of pyridine rings is 1. The van der Waals surface area contributed by atoms with E-state index in [4.69, 9.17) is 9.72 Å². The number of rotatable bonds is 6. The molecule has 8 heteroatoms. The van der Waals surface area contributed by atoms with Gasteiger partial charge in [0.1, 0.15) is 17.0 Å². The minimum Gasteiger partial charge on any atom is -0.381 e. The summed E-state index contributed by atoms with van der Waals surface area (Å²) in [6, 6.07) is 7.83. The highest BCUT2D eigenvalue weighted by molar-refractivity contribution is 5.98. The Morgan fingerprint density at radius 3 is 2.59 bits per heavy atom. The zero-order valence-corrected chi connectivity index (χ0v) is 20.3. The minimum absolute atomic E-state index is 0.0131. The fourth-order valence-electron chi connectivity index (χ4n) is 5.54. The summed E-state index contributed by atoms with van der Waals surface area (Å²) >= 11 is 0. The molecule has 3 aromatic heterocycles. The molecule has 34 heavy (non-hydrogen) atoms. The molecule has 1 amide bonds. The maximum atomic E-state index is 13.7. The lowest BCUT2D eigenvalue weighted by Gasteiger charge is -2.41. The van der Waals surface area contributed by atoms with Crippen molar-refractivity contribution in [1.29, 1.82) is 0 Å². The molecule has 5 heterocycles. The first-order chi connectivity index (χ1) is 16.6. The molecule has 0 saturated carbocycles. The molecule has 0 atom stereocenters. The molecule has 2 saturated heterocycles. The molecule has 0 N–H and O–H groups in total. The van der Waals surface area contributed by atoms with Crippen molar-refractivity contribution in [1.82, 2.24) is 23.8 Å². The molecule has 0 spiro atoms. The van der Waals surface area contributed by atoms with Crippen LogP contribution in [-0.4, -0.2) is 75.1 Å². The normalized spacial score (nSPS) is 18.8. The Labute approximate surface area is 200 Å². The third-order valence-corrected chi connectivity index (χ3v) is 7.61. The molecule has 182 valence electrons. The smallest absolute Gasteiger partial charge is 0.270 e. The van der Waals surface area contributed by atoms with Crippen LogP contribution in [0.4, 0.5) is 0 Å². The quantitative estimate of drug-likeness (QED) is 0.559. The van der Waals surface area contributed by atoms with Crippen LogP contribution in [0.25, 0.3) is 16.7 Å². The molecule has 8 nitrogen and oxygen atoms in total. The van der Waals surface area contributed by atoms with Crippen molar-refractivity contribution < 1.29 is 9.53 Å². The number of methoxy groups -OCH3 is 1. The number of fused-ring (bicyclic) bond motifs is 2. The van der Waals surface area contributed by atoms with E-state index in [0.717, 1.165) is 64.7 Å². The van der Waals surface area contributed by atoms with Gasteiger partial charge in [-0.25, -0.2) is 4.98 Å². The van der Waals surface area contributed by atoms with Gasteiger partial charge in [0.2, 0.25) is 0 Å². The monoisotopic (exact) mass is 465 g/mol. The van der Waals surface area contributed by atoms with E-state index in [1.54, 1.807) is 23.8 Å². The number of aryl methyl sites for hydroxylation is 1. The summed E-state index contributed by atoms with van der Waals surface area (Å²) in [5.41, 5.74) is 1.68. The lowest BCUT2D eigenvalue weighted by Crippen LogP contribution is -2.49. The highest BCUT2D eigenvalue weighted by Crippen LogP contribution is 2.25. The molecule has 0 bridgehead atoms. The van der Waals surface area contributed by atoms with Crippen molar-refractivity contribution in [2.24, 2.45) is 0 Å². The number of nitrogens with zero attached hydrogens (tertiary/aromatic N) is 5. The molecule has 0 unspecified atom stereocenters. The number of carbonyl (C=O) groups excluding carboxylic acids is 1. The number of carbonyl (C=O) groups is 1. The lowest BCUT2D eigenvalue weighted by molar-refractivity contribution is 0.0144. The maximum Gasteiger partial charge on any atom is 0.270 e. The van der Waals surface area contributed by atoms with Gasteiger partial charge in [-0.1, -0.05) is 19.4 Å². The van der Waals surface area contributed by atoms with Crippen molar-refractivity contribution in [2.45, 2.75) is 64.1 Å².